The van der Waals surface area contributed by atoms with Crippen LogP contribution < -0.4 is 10.9 Å². The molecule has 0 aliphatic rings. The Bertz CT molecular complexity index is 716. The van der Waals surface area contributed by atoms with Gasteiger partial charge in [0.05, 0.1) is 10.6 Å². The zero-order valence-electron chi connectivity index (χ0n) is 12.1. The molecule has 0 saturated carbocycles. The molecule has 0 unspecified atom stereocenters. The molecule has 8 nitrogen and oxygen atoms in total. The smallest absolute Gasteiger partial charge is 0.269 e. The summed E-state index contributed by atoms with van der Waals surface area (Å²) in [6, 6.07) is 5.68. The molecule has 118 valence electrons. The molecule has 1 heterocycles. The van der Waals surface area contributed by atoms with Crippen LogP contribution in [-0.4, -0.2) is 27.1 Å². The van der Waals surface area contributed by atoms with Crippen molar-refractivity contribution in [1.29, 1.82) is 0 Å². The SMILES string of the molecule is CSc1ncc(/C=C/C(=O)NNc2ccc([N+](=O)[O-])cc2)cn1. The highest BCUT2D eigenvalue weighted by atomic mass is 32.2. The molecule has 0 aliphatic heterocycles. The van der Waals surface area contributed by atoms with Gasteiger partial charge in [-0.25, -0.2) is 9.97 Å². The third-order valence-electron chi connectivity index (χ3n) is 2.67. The van der Waals surface area contributed by atoms with Gasteiger partial charge in [-0.15, -0.1) is 0 Å². The van der Waals surface area contributed by atoms with E-state index in [4.69, 9.17) is 0 Å². The molecule has 1 aromatic heterocycles. The Kier molecular flexibility index (Phi) is 5.64. The predicted octanol–water partition coefficient (Wildman–Crippen LogP) is 2.26. The van der Waals surface area contributed by atoms with Gasteiger partial charge in [-0.1, -0.05) is 11.8 Å². The van der Waals surface area contributed by atoms with Crippen molar-refractivity contribution < 1.29 is 9.72 Å². The number of nitro groups is 1. The molecular weight excluding hydrogens is 318 g/mol. The number of rotatable bonds is 6. The molecule has 0 saturated heterocycles. The first-order valence-corrected chi connectivity index (χ1v) is 7.65. The number of carbonyl (C=O) groups is 1. The van der Waals surface area contributed by atoms with Crippen LogP contribution in [0, 0.1) is 10.1 Å². The number of anilines is 1. The number of hydrazine groups is 1. The summed E-state index contributed by atoms with van der Waals surface area (Å²) in [6.45, 7) is 0. The highest BCUT2D eigenvalue weighted by Gasteiger charge is 2.03. The van der Waals surface area contributed by atoms with Crippen LogP contribution in [0.15, 0.2) is 47.9 Å². The Morgan fingerprint density at radius 3 is 2.48 bits per heavy atom. The molecule has 1 aromatic carbocycles. The third-order valence-corrected chi connectivity index (χ3v) is 3.24. The number of hydrogen-bond donors (Lipinski definition) is 2. The van der Waals surface area contributed by atoms with Gasteiger partial charge in [0.2, 0.25) is 0 Å². The second kappa shape index (κ2) is 7.90. The van der Waals surface area contributed by atoms with Gasteiger partial charge in [-0.2, -0.15) is 0 Å². The van der Waals surface area contributed by atoms with Gasteiger partial charge in [-0.3, -0.25) is 25.8 Å². The molecule has 2 N–H and O–H groups in total. The molecule has 2 aromatic rings. The van der Waals surface area contributed by atoms with E-state index in [1.54, 1.807) is 18.5 Å². The standard InChI is InChI=1S/C14H13N5O3S/c1-23-14-15-8-10(9-16-14)2-7-13(20)18-17-11-3-5-12(6-4-11)19(21)22/h2-9,17H,1H3,(H,18,20)/b7-2+. The number of benzene rings is 1. The molecule has 0 bridgehead atoms. The maximum absolute atomic E-state index is 11.7. The highest BCUT2D eigenvalue weighted by Crippen LogP contribution is 2.14. The van der Waals surface area contributed by atoms with E-state index in [0.717, 1.165) is 0 Å². The summed E-state index contributed by atoms with van der Waals surface area (Å²) in [5.41, 5.74) is 6.32. The Morgan fingerprint density at radius 2 is 1.91 bits per heavy atom. The van der Waals surface area contributed by atoms with Gasteiger partial charge in [0.1, 0.15) is 0 Å². The Morgan fingerprint density at radius 1 is 1.26 bits per heavy atom. The lowest BCUT2D eigenvalue weighted by Crippen LogP contribution is -2.27. The molecule has 2 rings (SSSR count). The van der Waals surface area contributed by atoms with Crippen LogP contribution in [-0.2, 0) is 4.79 Å². The van der Waals surface area contributed by atoms with Gasteiger partial charge in [-0.05, 0) is 24.5 Å². The van der Waals surface area contributed by atoms with Crippen LogP contribution in [0.5, 0.6) is 0 Å². The van der Waals surface area contributed by atoms with E-state index in [-0.39, 0.29) is 11.6 Å². The first kappa shape index (κ1) is 16.4. The van der Waals surface area contributed by atoms with Gasteiger partial charge in [0, 0.05) is 36.2 Å². The van der Waals surface area contributed by atoms with Crippen molar-refractivity contribution in [2.75, 3.05) is 11.7 Å². The van der Waals surface area contributed by atoms with E-state index in [0.29, 0.717) is 16.4 Å². The Hall–Kier alpha value is -2.94. The number of hydrogen-bond acceptors (Lipinski definition) is 7. The monoisotopic (exact) mass is 331 g/mol. The fourth-order valence-electron chi connectivity index (χ4n) is 1.53. The second-order valence-electron chi connectivity index (χ2n) is 4.25. The molecule has 1 amide bonds. The molecule has 0 fully saturated rings. The fraction of sp³-hybridized carbons (Fsp3) is 0.0714. The number of nitrogens with zero attached hydrogens (tertiary/aromatic N) is 3. The second-order valence-corrected chi connectivity index (χ2v) is 5.03. The Balaban J connectivity index is 1.86. The number of carbonyl (C=O) groups excluding carboxylic acids is 1. The van der Waals surface area contributed by atoms with E-state index in [1.807, 2.05) is 6.26 Å². The predicted molar refractivity (Wildman–Crippen MR) is 87.7 cm³/mol. The molecule has 0 aliphatic carbocycles. The van der Waals surface area contributed by atoms with Crippen molar-refractivity contribution in [3.8, 4) is 0 Å². The number of aromatic nitrogens is 2. The fourth-order valence-corrected chi connectivity index (χ4v) is 1.85. The third kappa shape index (κ3) is 5.08. The zero-order chi connectivity index (χ0) is 16.7. The lowest BCUT2D eigenvalue weighted by atomic mass is 10.3. The lowest BCUT2D eigenvalue weighted by molar-refractivity contribution is -0.384. The summed E-state index contributed by atoms with van der Waals surface area (Å²) >= 11 is 1.43. The van der Waals surface area contributed by atoms with Crippen molar-refractivity contribution in [3.05, 3.63) is 58.4 Å². The van der Waals surface area contributed by atoms with Crippen molar-refractivity contribution in [1.82, 2.24) is 15.4 Å². The van der Waals surface area contributed by atoms with Crippen LogP contribution >= 0.6 is 11.8 Å². The molecule has 9 heteroatoms. The van der Waals surface area contributed by atoms with Crippen molar-refractivity contribution in [3.63, 3.8) is 0 Å². The molecule has 0 atom stereocenters. The average molecular weight is 331 g/mol. The van der Waals surface area contributed by atoms with Gasteiger partial charge in [0.15, 0.2) is 5.16 Å². The van der Waals surface area contributed by atoms with E-state index in [2.05, 4.69) is 20.8 Å². The van der Waals surface area contributed by atoms with Gasteiger partial charge >= 0.3 is 0 Å². The van der Waals surface area contributed by atoms with E-state index in [1.165, 1.54) is 42.1 Å². The summed E-state index contributed by atoms with van der Waals surface area (Å²) in [5.74, 6) is -0.378. The maximum Gasteiger partial charge on any atom is 0.269 e. The lowest BCUT2D eigenvalue weighted by Gasteiger charge is -2.05. The van der Waals surface area contributed by atoms with Crippen LogP contribution in [0.3, 0.4) is 0 Å². The van der Waals surface area contributed by atoms with Crippen molar-refractivity contribution in [2.24, 2.45) is 0 Å². The minimum atomic E-state index is -0.491. The summed E-state index contributed by atoms with van der Waals surface area (Å²) in [6.07, 6.45) is 8.02. The van der Waals surface area contributed by atoms with Crippen LogP contribution in [0.25, 0.3) is 6.08 Å². The first-order valence-electron chi connectivity index (χ1n) is 6.43. The van der Waals surface area contributed by atoms with Gasteiger partial charge < -0.3 is 0 Å². The summed E-state index contributed by atoms with van der Waals surface area (Å²) in [7, 11) is 0. The largest absolute Gasteiger partial charge is 0.298 e. The van der Waals surface area contributed by atoms with Crippen molar-refractivity contribution >= 4 is 35.1 Å². The zero-order valence-corrected chi connectivity index (χ0v) is 12.9. The molecule has 0 spiro atoms. The number of non-ortho nitro benzene ring substituents is 1. The average Bonchev–Trinajstić information content (AvgIpc) is 2.59. The van der Waals surface area contributed by atoms with Crippen LogP contribution in [0.4, 0.5) is 11.4 Å². The van der Waals surface area contributed by atoms with E-state index < -0.39 is 4.92 Å². The molecule has 23 heavy (non-hydrogen) atoms. The topological polar surface area (TPSA) is 110 Å². The maximum atomic E-state index is 11.7. The first-order chi connectivity index (χ1) is 11.1. The molecule has 0 radical (unpaired) electrons. The summed E-state index contributed by atoms with van der Waals surface area (Å²) in [5, 5.41) is 11.2. The normalized spacial score (nSPS) is 10.5. The molecular formula is C14H13N5O3S. The van der Waals surface area contributed by atoms with Crippen LogP contribution in [0.2, 0.25) is 0 Å². The van der Waals surface area contributed by atoms with E-state index >= 15 is 0 Å². The number of thioether (sulfide) groups is 1. The van der Waals surface area contributed by atoms with Crippen LogP contribution in [0.1, 0.15) is 5.56 Å². The number of nitro benzene ring substituents is 1. The van der Waals surface area contributed by atoms with E-state index in [9.17, 15) is 14.9 Å². The quantitative estimate of drug-likeness (QED) is 0.275. The Labute approximate surface area is 136 Å². The summed E-state index contributed by atoms with van der Waals surface area (Å²) < 4.78 is 0. The minimum absolute atomic E-state index is 0.0181. The van der Waals surface area contributed by atoms with Crippen molar-refractivity contribution in [2.45, 2.75) is 5.16 Å². The highest BCUT2D eigenvalue weighted by molar-refractivity contribution is 7.98. The number of amides is 1. The minimum Gasteiger partial charge on any atom is -0.298 e. The van der Waals surface area contributed by atoms with Gasteiger partial charge in [0.25, 0.3) is 11.6 Å². The number of nitrogens with one attached hydrogen (secondary N) is 2. The summed E-state index contributed by atoms with van der Waals surface area (Å²) in [4.78, 5) is 29.9.